The Balaban J connectivity index is 2.33. The number of nitrogens with one attached hydrogen (secondary N) is 2. The normalized spacial score (nSPS) is 13.2. The molecule has 0 fully saturated rings. The first-order valence-corrected chi connectivity index (χ1v) is 11.4. The molecule has 2 atom stereocenters. The number of hydrogen-bond acceptors (Lipinski definition) is 4. The fraction of sp³-hybridized carbons (Fsp3) is 0.333. The first-order valence-electron chi connectivity index (χ1n) is 9.51. The van der Waals surface area contributed by atoms with E-state index in [9.17, 15) is 22.4 Å². The molecule has 0 saturated heterocycles. The molecule has 0 radical (unpaired) electrons. The molecule has 7 nitrogen and oxygen atoms in total. The minimum atomic E-state index is -3.97. The average molecular weight is 436 g/mol. The number of carbonyl (C=O) groups excluding carboxylic acids is 2. The third kappa shape index (κ3) is 5.56. The molecule has 9 heteroatoms. The van der Waals surface area contributed by atoms with Gasteiger partial charge in [-0.2, -0.15) is 0 Å². The highest BCUT2D eigenvalue weighted by molar-refractivity contribution is 7.92. The third-order valence-electron chi connectivity index (χ3n) is 4.60. The van der Waals surface area contributed by atoms with Gasteiger partial charge in [-0.15, -0.1) is 0 Å². The molecule has 0 spiro atoms. The molecule has 0 aliphatic rings. The second kappa shape index (κ2) is 9.71. The Labute approximate surface area is 176 Å². The molecule has 0 aromatic heterocycles. The summed E-state index contributed by atoms with van der Waals surface area (Å²) in [4.78, 5) is 25.4. The van der Waals surface area contributed by atoms with E-state index in [4.69, 9.17) is 0 Å². The number of hydrogen-bond donors (Lipinski definition) is 2. The van der Waals surface area contributed by atoms with Crippen molar-refractivity contribution in [3.8, 4) is 0 Å². The maximum absolute atomic E-state index is 14.3. The SMILES string of the molecule is CC[C@H](C)NC(=O)c1ccccc1NC(=O)[C@H](C)N(c1ccccc1F)S(C)(=O)=O. The average Bonchev–Trinajstić information content (AvgIpc) is 2.68. The summed E-state index contributed by atoms with van der Waals surface area (Å²) in [5, 5.41) is 5.42. The molecule has 2 N–H and O–H groups in total. The van der Waals surface area contributed by atoms with Gasteiger partial charge in [-0.05, 0) is 44.5 Å². The number of anilines is 2. The van der Waals surface area contributed by atoms with E-state index >= 15 is 0 Å². The summed E-state index contributed by atoms with van der Waals surface area (Å²) in [7, 11) is -3.97. The Morgan fingerprint density at radius 2 is 1.67 bits per heavy atom. The number of benzene rings is 2. The summed E-state index contributed by atoms with van der Waals surface area (Å²) in [6, 6.07) is 10.4. The predicted molar refractivity (Wildman–Crippen MR) is 115 cm³/mol. The smallest absolute Gasteiger partial charge is 0.253 e. The van der Waals surface area contributed by atoms with Crippen molar-refractivity contribution >= 4 is 33.2 Å². The van der Waals surface area contributed by atoms with Gasteiger partial charge >= 0.3 is 0 Å². The number of nitrogens with zero attached hydrogens (tertiary/aromatic N) is 1. The summed E-state index contributed by atoms with van der Waals surface area (Å²) < 4.78 is 39.6. The number of para-hydroxylation sites is 2. The van der Waals surface area contributed by atoms with Crippen LogP contribution in [0.25, 0.3) is 0 Å². The van der Waals surface area contributed by atoms with Crippen LogP contribution in [0.3, 0.4) is 0 Å². The van der Waals surface area contributed by atoms with Gasteiger partial charge < -0.3 is 10.6 Å². The minimum absolute atomic E-state index is 0.0537. The van der Waals surface area contributed by atoms with Gasteiger partial charge in [-0.3, -0.25) is 13.9 Å². The quantitative estimate of drug-likeness (QED) is 0.666. The summed E-state index contributed by atoms with van der Waals surface area (Å²) in [5.41, 5.74) is 0.248. The van der Waals surface area contributed by atoms with Crippen molar-refractivity contribution in [2.45, 2.75) is 39.3 Å². The molecule has 0 aliphatic heterocycles. The lowest BCUT2D eigenvalue weighted by molar-refractivity contribution is -0.116. The summed E-state index contributed by atoms with van der Waals surface area (Å²) in [5.74, 6) is -1.83. The zero-order chi connectivity index (χ0) is 22.5. The molecular weight excluding hydrogens is 409 g/mol. The first kappa shape index (κ1) is 23.3. The van der Waals surface area contributed by atoms with Crippen LogP contribution in [0.2, 0.25) is 0 Å². The van der Waals surface area contributed by atoms with Crippen LogP contribution in [-0.4, -0.2) is 38.6 Å². The van der Waals surface area contributed by atoms with Gasteiger partial charge in [0.05, 0.1) is 23.2 Å². The van der Waals surface area contributed by atoms with Crippen LogP contribution in [0.1, 0.15) is 37.6 Å². The van der Waals surface area contributed by atoms with Gasteiger partial charge in [0, 0.05) is 6.04 Å². The highest BCUT2D eigenvalue weighted by Gasteiger charge is 2.31. The topological polar surface area (TPSA) is 95.6 Å². The van der Waals surface area contributed by atoms with E-state index in [0.29, 0.717) is 0 Å². The fourth-order valence-electron chi connectivity index (χ4n) is 2.84. The van der Waals surface area contributed by atoms with Crippen molar-refractivity contribution in [3.05, 3.63) is 59.9 Å². The number of sulfonamides is 1. The molecule has 0 bridgehead atoms. The van der Waals surface area contributed by atoms with Crippen LogP contribution in [0.15, 0.2) is 48.5 Å². The van der Waals surface area contributed by atoms with Crippen molar-refractivity contribution in [3.63, 3.8) is 0 Å². The Morgan fingerprint density at radius 3 is 2.27 bits per heavy atom. The molecule has 0 heterocycles. The lowest BCUT2D eigenvalue weighted by Gasteiger charge is -2.28. The summed E-state index contributed by atoms with van der Waals surface area (Å²) >= 11 is 0. The highest BCUT2D eigenvalue weighted by Crippen LogP contribution is 2.25. The standard InChI is InChI=1S/C21H26FN3O4S/c1-5-14(2)23-21(27)16-10-6-8-12-18(16)24-20(26)15(3)25(30(4,28)29)19-13-9-7-11-17(19)22/h6-15H,5H2,1-4H3,(H,23,27)(H,24,26)/t14-,15-/m0/s1. The molecule has 2 amide bonds. The monoisotopic (exact) mass is 435 g/mol. The van der Waals surface area contributed by atoms with Gasteiger partial charge in [-0.1, -0.05) is 31.2 Å². The molecule has 2 rings (SSSR count). The van der Waals surface area contributed by atoms with Crippen molar-refractivity contribution < 1.29 is 22.4 Å². The van der Waals surface area contributed by atoms with E-state index in [1.54, 1.807) is 24.3 Å². The third-order valence-corrected chi connectivity index (χ3v) is 5.83. The fourth-order valence-corrected chi connectivity index (χ4v) is 4.02. The second-order valence-electron chi connectivity index (χ2n) is 7.00. The molecule has 30 heavy (non-hydrogen) atoms. The first-order chi connectivity index (χ1) is 14.1. The molecule has 0 aliphatic carbocycles. The minimum Gasteiger partial charge on any atom is -0.350 e. The second-order valence-corrected chi connectivity index (χ2v) is 8.86. The molecule has 2 aromatic rings. The van der Waals surface area contributed by atoms with Gasteiger partial charge in [0.1, 0.15) is 11.9 Å². The Bertz CT molecular complexity index is 1030. The van der Waals surface area contributed by atoms with E-state index in [1.165, 1.54) is 25.1 Å². The lowest BCUT2D eigenvalue weighted by Crippen LogP contribution is -2.46. The van der Waals surface area contributed by atoms with Gasteiger partial charge in [0.2, 0.25) is 15.9 Å². The van der Waals surface area contributed by atoms with E-state index in [2.05, 4.69) is 10.6 Å². The molecule has 0 unspecified atom stereocenters. The predicted octanol–water partition coefficient (Wildman–Crippen LogP) is 3.15. The van der Waals surface area contributed by atoms with E-state index < -0.39 is 27.8 Å². The molecule has 0 saturated carbocycles. The van der Waals surface area contributed by atoms with E-state index in [0.717, 1.165) is 23.0 Å². The van der Waals surface area contributed by atoms with Gasteiger partial charge in [0.25, 0.3) is 5.91 Å². The number of rotatable bonds is 8. The van der Waals surface area contributed by atoms with Crippen LogP contribution < -0.4 is 14.9 Å². The lowest BCUT2D eigenvalue weighted by atomic mass is 10.1. The number of carbonyl (C=O) groups is 2. The highest BCUT2D eigenvalue weighted by atomic mass is 32.2. The van der Waals surface area contributed by atoms with Gasteiger partial charge in [-0.25, -0.2) is 12.8 Å². The van der Waals surface area contributed by atoms with Gasteiger partial charge in [0.15, 0.2) is 0 Å². The Hall–Kier alpha value is -2.94. The zero-order valence-corrected chi connectivity index (χ0v) is 18.2. The molecule has 162 valence electrons. The zero-order valence-electron chi connectivity index (χ0n) is 17.3. The number of amides is 2. The van der Waals surface area contributed by atoms with Crippen molar-refractivity contribution in [2.24, 2.45) is 0 Å². The van der Waals surface area contributed by atoms with Crippen LogP contribution >= 0.6 is 0 Å². The van der Waals surface area contributed by atoms with Crippen molar-refractivity contribution in [2.75, 3.05) is 15.9 Å². The molecular formula is C21H26FN3O4S. The van der Waals surface area contributed by atoms with Crippen LogP contribution in [0.5, 0.6) is 0 Å². The van der Waals surface area contributed by atoms with Crippen molar-refractivity contribution in [1.82, 2.24) is 5.32 Å². The summed E-state index contributed by atoms with van der Waals surface area (Å²) in [6.07, 6.45) is 1.64. The maximum Gasteiger partial charge on any atom is 0.253 e. The largest absolute Gasteiger partial charge is 0.350 e. The van der Waals surface area contributed by atoms with E-state index in [1.807, 2.05) is 13.8 Å². The van der Waals surface area contributed by atoms with E-state index in [-0.39, 0.29) is 28.9 Å². The van der Waals surface area contributed by atoms with Crippen molar-refractivity contribution in [1.29, 1.82) is 0 Å². The number of halogens is 1. The van der Waals surface area contributed by atoms with Crippen LogP contribution in [-0.2, 0) is 14.8 Å². The Kier molecular flexibility index (Phi) is 7.55. The Morgan fingerprint density at radius 1 is 1.07 bits per heavy atom. The van der Waals surface area contributed by atoms with Crippen LogP contribution in [0.4, 0.5) is 15.8 Å². The molecule has 2 aromatic carbocycles. The maximum atomic E-state index is 14.3. The van der Waals surface area contributed by atoms with Crippen LogP contribution in [0, 0.1) is 5.82 Å². The summed E-state index contributed by atoms with van der Waals surface area (Å²) in [6.45, 7) is 5.15.